The second kappa shape index (κ2) is 10.9. The van der Waals surface area contributed by atoms with Crippen molar-refractivity contribution in [2.45, 2.75) is 6.92 Å². The minimum absolute atomic E-state index is 0.163. The van der Waals surface area contributed by atoms with Gasteiger partial charge in [-0.3, -0.25) is 4.79 Å². The molecule has 0 aliphatic carbocycles. The van der Waals surface area contributed by atoms with Gasteiger partial charge in [0.2, 0.25) is 0 Å². The smallest absolute Gasteiger partial charge is 0.262 e. The molecule has 1 heterocycles. The fraction of sp³-hybridized carbons (Fsp3) is 0.115. The van der Waals surface area contributed by atoms with Crippen LogP contribution in [-0.4, -0.2) is 29.1 Å². The van der Waals surface area contributed by atoms with Crippen molar-refractivity contribution in [2.24, 2.45) is 0 Å². The fourth-order valence-electron chi connectivity index (χ4n) is 3.28. The number of halogens is 1. The predicted molar refractivity (Wildman–Crippen MR) is 140 cm³/mol. The number of allylic oxidation sites excluding steroid dienone is 1. The van der Waals surface area contributed by atoms with E-state index in [2.05, 4.69) is 43.9 Å². The van der Waals surface area contributed by atoms with Crippen LogP contribution in [0.2, 0.25) is 0 Å². The quantitative estimate of drug-likeness (QED) is 0.213. The van der Waals surface area contributed by atoms with Crippen LogP contribution in [0.15, 0.2) is 66.7 Å². The van der Waals surface area contributed by atoms with Gasteiger partial charge in [0.05, 0.1) is 23.2 Å². The number of hydrogen-bond acceptors (Lipinski definition) is 5. The molecule has 4 rings (SSSR count). The second-order valence-corrected chi connectivity index (χ2v) is 8.50. The first-order chi connectivity index (χ1) is 16.6. The number of benzene rings is 3. The number of ether oxygens (including phenoxy) is 2. The number of fused-ring (bicyclic) bond motifs is 1. The molecular formula is C26H21IN4O3. The highest BCUT2D eigenvalue weighted by Crippen LogP contribution is 2.30. The highest BCUT2D eigenvalue weighted by Gasteiger charge is 2.12. The number of nitriles is 1. The number of aromatic amines is 1. The third-order valence-corrected chi connectivity index (χ3v) is 5.55. The van der Waals surface area contributed by atoms with E-state index in [1.807, 2.05) is 55.5 Å². The number of aromatic nitrogens is 2. The average Bonchev–Trinajstić information content (AvgIpc) is 3.28. The summed E-state index contributed by atoms with van der Waals surface area (Å²) in [5, 5.41) is 12.5. The molecule has 0 saturated carbocycles. The van der Waals surface area contributed by atoms with Gasteiger partial charge in [0.15, 0.2) is 18.1 Å². The molecule has 0 radical (unpaired) electrons. The van der Waals surface area contributed by atoms with E-state index in [9.17, 15) is 10.1 Å². The van der Waals surface area contributed by atoms with E-state index < -0.39 is 0 Å². The number of nitrogens with one attached hydrogen (secondary N) is 2. The summed E-state index contributed by atoms with van der Waals surface area (Å²) < 4.78 is 12.5. The van der Waals surface area contributed by atoms with E-state index in [-0.39, 0.29) is 12.5 Å². The van der Waals surface area contributed by atoms with E-state index >= 15 is 0 Å². The average molecular weight is 564 g/mol. The topological polar surface area (TPSA) is 100 Å². The molecule has 4 aromatic rings. The minimum Gasteiger partial charge on any atom is -0.490 e. The van der Waals surface area contributed by atoms with Crippen molar-refractivity contribution in [1.82, 2.24) is 9.97 Å². The van der Waals surface area contributed by atoms with E-state index in [1.165, 1.54) is 0 Å². The molecule has 8 heteroatoms. The van der Waals surface area contributed by atoms with Crippen molar-refractivity contribution in [2.75, 3.05) is 18.5 Å². The van der Waals surface area contributed by atoms with Crippen molar-refractivity contribution in [3.8, 4) is 17.6 Å². The van der Waals surface area contributed by atoms with Crippen molar-refractivity contribution < 1.29 is 14.3 Å². The van der Waals surface area contributed by atoms with Crippen LogP contribution >= 0.6 is 22.6 Å². The number of carbonyl (C=O) groups is 1. The van der Waals surface area contributed by atoms with Crippen LogP contribution in [0.1, 0.15) is 18.3 Å². The van der Waals surface area contributed by atoms with Gasteiger partial charge < -0.3 is 19.8 Å². The van der Waals surface area contributed by atoms with E-state index in [4.69, 9.17) is 9.47 Å². The first-order valence-electron chi connectivity index (χ1n) is 10.6. The number of amides is 1. The number of hydrogen-bond donors (Lipinski definition) is 2. The van der Waals surface area contributed by atoms with Crippen molar-refractivity contribution >= 4 is 56.9 Å². The lowest BCUT2D eigenvalue weighted by molar-refractivity contribution is -0.118. The van der Waals surface area contributed by atoms with Gasteiger partial charge in [-0.1, -0.05) is 18.2 Å². The highest BCUT2D eigenvalue weighted by atomic mass is 127. The molecule has 0 fully saturated rings. The summed E-state index contributed by atoms with van der Waals surface area (Å²) in [5.41, 5.74) is 3.50. The van der Waals surface area contributed by atoms with E-state index in [0.29, 0.717) is 35.2 Å². The van der Waals surface area contributed by atoms with Crippen LogP contribution in [0.3, 0.4) is 0 Å². The van der Waals surface area contributed by atoms with E-state index in [0.717, 1.165) is 20.2 Å². The zero-order valence-electron chi connectivity index (χ0n) is 18.3. The second-order valence-electron chi connectivity index (χ2n) is 7.26. The fourth-order valence-corrected chi connectivity index (χ4v) is 3.64. The van der Waals surface area contributed by atoms with Gasteiger partial charge in [0.25, 0.3) is 5.91 Å². The first-order valence-corrected chi connectivity index (χ1v) is 11.7. The lowest BCUT2D eigenvalue weighted by Gasteiger charge is -2.13. The Hall–Kier alpha value is -3.84. The zero-order chi connectivity index (χ0) is 23.9. The SMILES string of the molecule is CCOc1cc(/C=C(\C#N)c2nc3ccccc3[nH]2)ccc1OCC(=O)Nc1ccc(I)cc1. The summed E-state index contributed by atoms with van der Waals surface area (Å²) in [5.74, 6) is 1.15. The number of carbonyl (C=O) groups excluding carboxylic acids is 1. The molecule has 0 aliphatic heterocycles. The van der Waals surface area contributed by atoms with Crippen molar-refractivity contribution in [3.05, 3.63) is 81.7 Å². The molecule has 0 spiro atoms. The molecule has 1 aromatic heterocycles. The van der Waals surface area contributed by atoms with Gasteiger partial charge in [0.1, 0.15) is 11.9 Å². The van der Waals surface area contributed by atoms with Crippen LogP contribution in [-0.2, 0) is 4.79 Å². The monoisotopic (exact) mass is 564 g/mol. The van der Waals surface area contributed by atoms with Gasteiger partial charge in [-0.15, -0.1) is 0 Å². The molecule has 1 amide bonds. The van der Waals surface area contributed by atoms with Crippen molar-refractivity contribution in [3.63, 3.8) is 0 Å². The number of rotatable bonds is 8. The molecule has 0 saturated heterocycles. The summed E-state index contributed by atoms with van der Waals surface area (Å²) in [6, 6.07) is 22.6. The molecular weight excluding hydrogens is 543 g/mol. The summed E-state index contributed by atoms with van der Waals surface area (Å²) in [6.07, 6.45) is 1.73. The number of nitrogens with zero attached hydrogens (tertiary/aromatic N) is 2. The molecule has 2 N–H and O–H groups in total. The number of anilines is 1. The van der Waals surface area contributed by atoms with Gasteiger partial charge in [-0.05, 0) is 89.7 Å². The standard InChI is InChI=1S/C26H21IN4O3/c1-2-33-24-14-17(13-18(15-28)26-30-21-5-3-4-6-22(21)31-26)7-12-23(24)34-16-25(32)29-20-10-8-19(27)9-11-20/h3-14H,2,16H2,1H3,(H,29,32)(H,30,31)/b18-13+. The molecule has 0 aliphatic rings. The molecule has 7 nitrogen and oxygen atoms in total. The summed E-state index contributed by atoms with van der Waals surface area (Å²) in [6.45, 7) is 2.13. The number of imidazole rings is 1. The number of H-pyrrole nitrogens is 1. The van der Waals surface area contributed by atoms with Crippen LogP contribution in [0.25, 0.3) is 22.7 Å². The van der Waals surface area contributed by atoms with Crippen molar-refractivity contribution in [1.29, 1.82) is 5.26 Å². The van der Waals surface area contributed by atoms with Gasteiger partial charge >= 0.3 is 0 Å². The first kappa shape index (κ1) is 23.3. The highest BCUT2D eigenvalue weighted by molar-refractivity contribution is 14.1. The van der Waals surface area contributed by atoms with Gasteiger partial charge in [-0.2, -0.15) is 5.26 Å². The van der Waals surface area contributed by atoms with Gasteiger partial charge in [0, 0.05) is 9.26 Å². The molecule has 0 bridgehead atoms. The third-order valence-electron chi connectivity index (χ3n) is 4.83. The predicted octanol–water partition coefficient (Wildman–Crippen LogP) is 5.65. The summed E-state index contributed by atoms with van der Waals surface area (Å²) in [4.78, 5) is 20.0. The summed E-state index contributed by atoms with van der Waals surface area (Å²) >= 11 is 2.21. The Labute approximate surface area is 210 Å². The lowest BCUT2D eigenvalue weighted by atomic mass is 10.1. The minimum atomic E-state index is -0.274. The Bertz CT molecular complexity index is 1350. The maximum Gasteiger partial charge on any atom is 0.262 e. The Morgan fingerprint density at radius 2 is 1.91 bits per heavy atom. The maximum absolute atomic E-state index is 12.3. The van der Waals surface area contributed by atoms with Crippen LogP contribution in [0.4, 0.5) is 5.69 Å². The van der Waals surface area contributed by atoms with Crippen LogP contribution < -0.4 is 14.8 Å². The third kappa shape index (κ3) is 5.74. The molecule has 170 valence electrons. The lowest BCUT2D eigenvalue weighted by Crippen LogP contribution is -2.20. The molecule has 3 aromatic carbocycles. The Balaban J connectivity index is 1.50. The van der Waals surface area contributed by atoms with Gasteiger partial charge in [-0.25, -0.2) is 4.98 Å². The number of para-hydroxylation sites is 2. The largest absolute Gasteiger partial charge is 0.490 e. The molecule has 0 atom stereocenters. The molecule has 34 heavy (non-hydrogen) atoms. The van der Waals surface area contributed by atoms with Crippen LogP contribution in [0, 0.1) is 14.9 Å². The zero-order valence-corrected chi connectivity index (χ0v) is 20.5. The van der Waals surface area contributed by atoms with Crippen LogP contribution in [0.5, 0.6) is 11.5 Å². The Kier molecular flexibility index (Phi) is 7.44. The molecule has 0 unspecified atom stereocenters. The maximum atomic E-state index is 12.3. The van der Waals surface area contributed by atoms with E-state index in [1.54, 1.807) is 24.3 Å². The summed E-state index contributed by atoms with van der Waals surface area (Å²) in [7, 11) is 0. The normalized spacial score (nSPS) is 11.1. The Morgan fingerprint density at radius 1 is 1.12 bits per heavy atom. The Morgan fingerprint density at radius 3 is 2.65 bits per heavy atom.